The number of hydrogen-bond donors (Lipinski definition) is 2. The smallest absolute Gasteiger partial charge is 0.340 e. The Bertz CT molecular complexity index is 628. The third-order valence-corrected chi connectivity index (χ3v) is 4.26. The zero-order valence-electron chi connectivity index (χ0n) is 15.4. The number of allylic oxidation sites excluding steroid dienone is 1. The van der Waals surface area contributed by atoms with Gasteiger partial charge in [0.25, 0.3) is 5.91 Å². The van der Waals surface area contributed by atoms with Crippen LogP contribution in [0.2, 0.25) is 0 Å². The van der Waals surface area contributed by atoms with Crippen LogP contribution in [0.15, 0.2) is 35.9 Å². The molecule has 0 aromatic heterocycles. The Morgan fingerprint density at radius 1 is 1.15 bits per heavy atom. The lowest BCUT2D eigenvalue weighted by molar-refractivity contribution is -0.124. The standard InChI is InChI=1S/C20H28N2O4/c1-25-14-13-22-19(23)15-26-20(24)17-9-5-6-10-18(17)21-12-11-16-7-3-2-4-8-16/h5-7,9-10,21H,2-4,8,11-15H2,1H3,(H,22,23). The van der Waals surface area contributed by atoms with Gasteiger partial charge in [0.05, 0.1) is 12.2 Å². The molecule has 142 valence electrons. The number of para-hydroxylation sites is 1. The second-order valence-corrected chi connectivity index (χ2v) is 6.25. The van der Waals surface area contributed by atoms with Crippen molar-refractivity contribution in [1.82, 2.24) is 5.32 Å². The molecule has 0 aliphatic heterocycles. The van der Waals surface area contributed by atoms with E-state index in [-0.39, 0.29) is 12.5 Å². The number of nitrogens with one attached hydrogen (secondary N) is 2. The lowest BCUT2D eigenvalue weighted by atomic mass is 9.97. The maximum Gasteiger partial charge on any atom is 0.340 e. The fraction of sp³-hybridized carbons (Fsp3) is 0.500. The molecule has 1 aliphatic rings. The summed E-state index contributed by atoms with van der Waals surface area (Å²) in [4.78, 5) is 23.9. The summed E-state index contributed by atoms with van der Waals surface area (Å²) in [7, 11) is 1.56. The summed E-state index contributed by atoms with van der Waals surface area (Å²) in [6, 6.07) is 7.21. The van der Waals surface area contributed by atoms with Gasteiger partial charge in [-0.3, -0.25) is 4.79 Å². The molecule has 0 saturated carbocycles. The maximum atomic E-state index is 12.3. The van der Waals surface area contributed by atoms with Crippen molar-refractivity contribution < 1.29 is 19.1 Å². The van der Waals surface area contributed by atoms with E-state index in [4.69, 9.17) is 9.47 Å². The van der Waals surface area contributed by atoms with Crippen LogP contribution in [0.4, 0.5) is 5.69 Å². The molecule has 1 aromatic carbocycles. The van der Waals surface area contributed by atoms with E-state index in [0.29, 0.717) is 18.7 Å². The van der Waals surface area contributed by atoms with E-state index < -0.39 is 5.97 Å². The molecule has 0 heterocycles. The van der Waals surface area contributed by atoms with Gasteiger partial charge in [-0.05, 0) is 44.2 Å². The highest BCUT2D eigenvalue weighted by atomic mass is 16.5. The van der Waals surface area contributed by atoms with Crippen LogP contribution in [0.25, 0.3) is 0 Å². The van der Waals surface area contributed by atoms with Crippen molar-refractivity contribution in [2.75, 3.05) is 38.7 Å². The molecule has 1 aromatic rings. The van der Waals surface area contributed by atoms with E-state index in [9.17, 15) is 9.59 Å². The minimum absolute atomic E-state index is 0.302. The first-order chi connectivity index (χ1) is 12.7. The molecule has 6 heteroatoms. The zero-order chi connectivity index (χ0) is 18.6. The quantitative estimate of drug-likeness (QED) is 0.381. The zero-order valence-corrected chi connectivity index (χ0v) is 15.4. The number of amides is 1. The van der Waals surface area contributed by atoms with Crippen LogP contribution in [0.3, 0.4) is 0 Å². The lowest BCUT2D eigenvalue weighted by Crippen LogP contribution is -2.31. The molecular formula is C20H28N2O4. The van der Waals surface area contributed by atoms with Gasteiger partial charge in [-0.2, -0.15) is 0 Å². The van der Waals surface area contributed by atoms with Gasteiger partial charge < -0.3 is 20.1 Å². The summed E-state index contributed by atoms with van der Waals surface area (Å²) in [5, 5.41) is 5.92. The Morgan fingerprint density at radius 2 is 2.00 bits per heavy atom. The number of anilines is 1. The predicted octanol–water partition coefficient (Wildman–Crippen LogP) is 2.91. The van der Waals surface area contributed by atoms with E-state index in [0.717, 1.165) is 18.7 Å². The van der Waals surface area contributed by atoms with Crippen molar-refractivity contribution in [3.8, 4) is 0 Å². The fourth-order valence-corrected chi connectivity index (χ4v) is 2.86. The highest BCUT2D eigenvalue weighted by Crippen LogP contribution is 2.21. The van der Waals surface area contributed by atoms with Crippen molar-refractivity contribution in [2.45, 2.75) is 32.1 Å². The maximum absolute atomic E-state index is 12.3. The van der Waals surface area contributed by atoms with Crippen molar-refractivity contribution >= 4 is 17.6 Å². The summed E-state index contributed by atoms with van der Waals surface area (Å²) in [6.45, 7) is 1.28. The van der Waals surface area contributed by atoms with Crippen LogP contribution in [0, 0.1) is 0 Å². The van der Waals surface area contributed by atoms with E-state index >= 15 is 0 Å². The van der Waals surface area contributed by atoms with Gasteiger partial charge in [-0.25, -0.2) is 4.79 Å². The number of ether oxygens (including phenoxy) is 2. The Morgan fingerprint density at radius 3 is 2.77 bits per heavy atom. The van der Waals surface area contributed by atoms with Crippen molar-refractivity contribution in [3.05, 3.63) is 41.5 Å². The fourth-order valence-electron chi connectivity index (χ4n) is 2.86. The number of methoxy groups -OCH3 is 1. The normalized spacial score (nSPS) is 13.7. The second-order valence-electron chi connectivity index (χ2n) is 6.25. The number of carbonyl (C=O) groups excluding carboxylic acids is 2. The second kappa shape index (κ2) is 11.3. The summed E-state index contributed by atoms with van der Waals surface area (Å²) < 4.78 is 9.96. The average molecular weight is 360 g/mol. The number of benzene rings is 1. The summed E-state index contributed by atoms with van der Waals surface area (Å²) in [6.07, 6.45) is 8.19. The molecule has 0 fully saturated rings. The minimum Gasteiger partial charge on any atom is -0.452 e. The first-order valence-electron chi connectivity index (χ1n) is 9.14. The van der Waals surface area contributed by atoms with Crippen LogP contribution in [-0.2, 0) is 14.3 Å². The molecule has 0 unspecified atom stereocenters. The largest absolute Gasteiger partial charge is 0.452 e. The van der Waals surface area contributed by atoms with Crippen molar-refractivity contribution in [2.24, 2.45) is 0 Å². The summed E-state index contributed by atoms with van der Waals surface area (Å²) >= 11 is 0. The van der Waals surface area contributed by atoms with E-state index in [1.54, 1.807) is 19.2 Å². The van der Waals surface area contributed by atoms with Crippen LogP contribution >= 0.6 is 0 Å². The molecule has 0 atom stereocenters. The molecule has 1 amide bonds. The van der Waals surface area contributed by atoms with Gasteiger partial charge >= 0.3 is 5.97 Å². The molecule has 0 spiro atoms. The van der Waals surface area contributed by atoms with Gasteiger partial charge in [0.2, 0.25) is 0 Å². The molecule has 2 N–H and O–H groups in total. The lowest BCUT2D eigenvalue weighted by Gasteiger charge is -2.15. The molecule has 2 rings (SSSR count). The van der Waals surface area contributed by atoms with E-state index in [2.05, 4.69) is 16.7 Å². The van der Waals surface area contributed by atoms with Crippen molar-refractivity contribution in [1.29, 1.82) is 0 Å². The number of esters is 1. The molecule has 6 nitrogen and oxygen atoms in total. The SMILES string of the molecule is COCCNC(=O)COC(=O)c1ccccc1NCCC1=CCCCC1. The Labute approximate surface area is 154 Å². The van der Waals surface area contributed by atoms with Crippen molar-refractivity contribution in [3.63, 3.8) is 0 Å². The van der Waals surface area contributed by atoms with Gasteiger partial charge in [-0.1, -0.05) is 23.8 Å². The first kappa shape index (κ1) is 20.0. The molecule has 0 radical (unpaired) electrons. The molecule has 0 saturated heterocycles. The third kappa shape index (κ3) is 6.88. The van der Waals surface area contributed by atoms with Gasteiger partial charge in [0.1, 0.15) is 0 Å². The predicted molar refractivity (Wildman–Crippen MR) is 101 cm³/mol. The highest BCUT2D eigenvalue weighted by molar-refractivity contribution is 5.96. The Balaban J connectivity index is 1.81. The Kier molecular flexibility index (Phi) is 8.69. The van der Waals surface area contributed by atoms with E-state index in [1.165, 1.54) is 31.3 Å². The molecular weight excluding hydrogens is 332 g/mol. The Hall–Kier alpha value is -2.34. The summed E-state index contributed by atoms with van der Waals surface area (Å²) in [5.41, 5.74) is 2.65. The third-order valence-electron chi connectivity index (χ3n) is 4.26. The highest BCUT2D eigenvalue weighted by Gasteiger charge is 2.14. The van der Waals surface area contributed by atoms with E-state index in [1.807, 2.05) is 12.1 Å². The van der Waals surface area contributed by atoms with Crippen LogP contribution in [0.5, 0.6) is 0 Å². The monoisotopic (exact) mass is 360 g/mol. The summed E-state index contributed by atoms with van der Waals surface area (Å²) in [5.74, 6) is -0.850. The van der Waals surface area contributed by atoms with Crippen LogP contribution in [0.1, 0.15) is 42.5 Å². The topological polar surface area (TPSA) is 76.7 Å². The molecule has 26 heavy (non-hydrogen) atoms. The van der Waals surface area contributed by atoms with Gasteiger partial charge in [0, 0.05) is 25.9 Å². The number of hydrogen-bond acceptors (Lipinski definition) is 5. The van der Waals surface area contributed by atoms with Gasteiger partial charge in [0.15, 0.2) is 6.61 Å². The van der Waals surface area contributed by atoms with Crippen LogP contribution in [-0.4, -0.2) is 45.3 Å². The molecule has 0 bridgehead atoms. The first-order valence-corrected chi connectivity index (χ1v) is 9.14. The minimum atomic E-state index is -0.508. The number of carbonyl (C=O) groups is 2. The molecule has 1 aliphatic carbocycles. The van der Waals surface area contributed by atoms with Gasteiger partial charge in [-0.15, -0.1) is 0 Å². The van der Waals surface area contributed by atoms with Crippen LogP contribution < -0.4 is 10.6 Å². The number of rotatable bonds is 10. The average Bonchev–Trinajstić information content (AvgIpc) is 2.67.